The van der Waals surface area contributed by atoms with Crippen molar-refractivity contribution in [2.45, 2.75) is 25.7 Å². The number of anilines is 1. The first kappa shape index (κ1) is 28.1. The molecule has 12 nitrogen and oxygen atoms in total. The maximum atomic E-state index is 13.9. The fourth-order valence-corrected chi connectivity index (χ4v) is 5.96. The summed E-state index contributed by atoms with van der Waals surface area (Å²) >= 11 is 0. The van der Waals surface area contributed by atoms with Crippen molar-refractivity contribution in [3.8, 4) is 17.3 Å². The summed E-state index contributed by atoms with van der Waals surface area (Å²) in [7, 11) is -4.13. The molecule has 2 N–H and O–H groups in total. The summed E-state index contributed by atoms with van der Waals surface area (Å²) in [6.45, 7) is 6.00. The van der Waals surface area contributed by atoms with E-state index < -0.39 is 21.9 Å². The van der Waals surface area contributed by atoms with Gasteiger partial charge < -0.3 is 24.3 Å². The van der Waals surface area contributed by atoms with E-state index in [1.807, 2.05) is 32.0 Å². The number of carbonyl (C=O) groups excluding carboxylic acids is 1. The Morgan fingerprint density at radius 1 is 1.05 bits per heavy atom. The third kappa shape index (κ3) is 5.59. The molecule has 0 unspecified atom stereocenters. The molecule has 1 fully saturated rings. The van der Waals surface area contributed by atoms with Gasteiger partial charge in [0.2, 0.25) is 15.9 Å². The number of benzene rings is 2. The van der Waals surface area contributed by atoms with Crippen LogP contribution < -0.4 is 10.1 Å². The molecular formula is C28H28N4O8S. The monoisotopic (exact) mass is 580 g/mol. The second-order valence-electron chi connectivity index (χ2n) is 9.50. The Hall–Kier alpha value is -4.46. The highest BCUT2D eigenvalue weighted by atomic mass is 32.2. The largest absolute Gasteiger partial charge is 0.476 e. The lowest BCUT2D eigenvalue weighted by atomic mass is 10.1. The van der Waals surface area contributed by atoms with E-state index in [-0.39, 0.29) is 65.5 Å². The van der Waals surface area contributed by atoms with Crippen LogP contribution in [0.3, 0.4) is 0 Å². The standard InChI is InChI=1S/C28H28N4O8S/c1-17-6-7-18(2)21(15-17)32-27(19(3)25(30-32)28(34)35)40-22-9-8-20(29-26(33)23-5-4-12-39-23)16-24(22)41(36,37)31-10-13-38-14-11-31/h4-9,12,15-16H,10-11,13-14H2,1-3H3,(H,29,33)(H,34,35). The van der Waals surface area contributed by atoms with Crippen molar-refractivity contribution in [1.29, 1.82) is 0 Å². The number of carboxylic acids is 1. The van der Waals surface area contributed by atoms with E-state index in [4.69, 9.17) is 13.9 Å². The number of hydrogen-bond donors (Lipinski definition) is 2. The molecule has 5 rings (SSSR count). The average Bonchev–Trinajstić information content (AvgIpc) is 3.60. The molecule has 1 amide bonds. The molecule has 1 aliphatic rings. The topological polar surface area (TPSA) is 153 Å². The fourth-order valence-electron chi connectivity index (χ4n) is 4.42. The zero-order valence-electron chi connectivity index (χ0n) is 22.6. The molecule has 41 heavy (non-hydrogen) atoms. The van der Waals surface area contributed by atoms with E-state index in [9.17, 15) is 23.1 Å². The van der Waals surface area contributed by atoms with Crippen molar-refractivity contribution < 1.29 is 37.0 Å². The van der Waals surface area contributed by atoms with E-state index in [2.05, 4.69) is 10.4 Å². The first-order valence-corrected chi connectivity index (χ1v) is 14.2. The van der Waals surface area contributed by atoms with E-state index in [1.54, 1.807) is 13.0 Å². The fraction of sp³-hybridized carbons (Fsp3) is 0.250. The van der Waals surface area contributed by atoms with Crippen molar-refractivity contribution >= 4 is 27.6 Å². The molecule has 0 spiro atoms. The minimum absolute atomic E-state index is 0.0434. The van der Waals surface area contributed by atoms with Gasteiger partial charge in [0.25, 0.3) is 5.91 Å². The number of ether oxygens (including phenoxy) is 2. The lowest BCUT2D eigenvalue weighted by Gasteiger charge is -2.27. The smallest absolute Gasteiger partial charge is 0.356 e. The molecule has 214 valence electrons. The van der Waals surface area contributed by atoms with Crippen LogP contribution in [0.25, 0.3) is 5.69 Å². The lowest BCUT2D eigenvalue weighted by molar-refractivity contribution is 0.0689. The number of amides is 1. The second-order valence-corrected chi connectivity index (χ2v) is 11.4. The third-order valence-electron chi connectivity index (χ3n) is 6.60. The van der Waals surface area contributed by atoms with Crippen molar-refractivity contribution in [3.05, 3.63) is 82.9 Å². The van der Waals surface area contributed by atoms with Gasteiger partial charge in [0.15, 0.2) is 11.5 Å². The first-order valence-electron chi connectivity index (χ1n) is 12.7. The number of morpholine rings is 1. The van der Waals surface area contributed by atoms with Crippen molar-refractivity contribution in [2.75, 3.05) is 31.6 Å². The Morgan fingerprint density at radius 3 is 2.49 bits per heavy atom. The van der Waals surface area contributed by atoms with Gasteiger partial charge in [-0.1, -0.05) is 12.1 Å². The van der Waals surface area contributed by atoms with Crippen molar-refractivity contribution in [1.82, 2.24) is 14.1 Å². The van der Waals surface area contributed by atoms with Gasteiger partial charge in [-0.3, -0.25) is 4.79 Å². The molecule has 0 atom stereocenters. The molecule has 1 aliphatic heterocycles. The number of rotatable bonds is 8. The lowest BCUT2D eigenvalue weighted by Crippen LogP contribution is -2.40. The van der Waals surface area contributed by atoms with Crippen LogP contribution in [-0.2, 0) is 14.8 Å². The predicted molar refractivity (Wildman–Crippen MR) is 147 cm³/mol. The molecule has 0 aliphatic carbocycles. The quantitative estimate of drug-likeness (QED) is 0.313. The molecule has 1 saturated heterocycles. The number of sulfonamides is 1. The van der Waals surface area contributed by atoms with Gasteiger partial charge in [-0.15, -0.1) is 0 Å². The number of furan rings is 1. The van der Waals surface area contributed by atoms with Crippen LogP contribution in [0, 0.1) is 20.8 Å². The van der Waals surface area contributed by atoms with Gasteiger partial charge in [0.05, 0.1) is 25.2 Å². The van der Waals surface area contributed by atoms with Crippen molar-refractivity contribution in [2.24, 2.45) is 0 Å². The van der Waals surface area contributed by atoms with E-state index in [0.717, 1.165) is 11.1 Å². The Bertz CT molecular complexity index is 1720. The third-order valence-corrected chi connectivity index (χ3v) is 8.52. The number of carboxylic acid groups (broad SMARTS) is 1. The minimum Gasteiger partial charge on any atom is -0.476 e. The Morgan fingerprint density at radius 2 is 1.80 bits per heavy atom. The number of aromatic nitrogens is 2. The minimum atomic E-state index is -4.13. The van der Waals surface area contributed by atoms with E-state index in [1.165, 1.54) is 39.5 Å². The summed E-state index contributed by atoms with van der Waals surface area (Å²) in [5.41, 5.74) is 2.46. The van der Waals surface area contributed by atoms with E-state index >= 15 is 0 Å². The van der Waals surface area contributed by atoms with Crippen LogP contribution >= 0.6 is 0 Å². The molecule has 2 aromatic carbocycles. The number of aromatic carboxylic acids is 1. The van der Waals surface area contributed by atoms with E-state index in [0.29, 0.717) is 5.69 Å². The predicted octanol–water partition coefficient (Wildman–Crippen LogP) is 4.15. The molecule has 0 bridgehead atoms. The summed E-state index contributed by atoms with van der Waals surface area (Å²) in [6, 6.07) is 12.9. The van der Waals surface area contributed by atoms with Crippen LogP contribution in [0.5, 0.6) is 11.6 Å². The molecule has 4 aromatic rings. The SMILES string of the molecule is Cc1ccc(C)c(-n2nc(C(=O)O)c(C)c2Oc2ccc(NC(=O)c3ccco3)cc2S(=O)(=O)N2CCOCC2)c1. The first-order chi connectivity index (χ1) is 19.6. The number of nitrogens with one attached hydrogen (secondary N) is 1. The average molecular weight is 581 g/mol. The van der Waals surface area contributed by atoms with Gasteiger partial charge in [-0.05, 0) is 68.3 Å². The summed E-state index contributed by atoms with van der Waals surface area (Å²) in [5.74, 6) is -1.79. The molecule has 0 saturated carbocycles. The zero-order valence-corrected chi connectivity index (χ0v) is 23.4. The maximum absolute atomic E-state index is 13.9. The van der Waals surface area contributed by atoms with Crippen LogP contribution in [0.4, 0.5) is 5.69 Å². The van der Waals surface area contributed by atoms with Gasteiger partial charge in [0, 0.05) is 24.3 Å². The van der Waals surface area contributed by atoms with Crippen LogP contribution in [0.15, 0.2) is 64.1 Å². The number of hydrogen-bond acceptors (Lipinski definition) is 8. The van der Waals surface area contributed by atoms with Crippen LogP contribution in [-0.4, -0.2) is 65.8 Å². The van der Waals surface area contributed by atoms with Gasteiger partial charge >= 0.3 is 5.97 Å². The maximum Gasteiger partial charge on any atom is 0.356 e. The zero-order chi connectivity index (χ0) is 29.3. The summed E-state index contributed by atoms with van der Waals surface area (Å²) in [5, 5.41) is 16.7. The van der Waals surface area contributed by atoms with Gasteiger partial charge in [-0.25, -0.2) is 13.2 Å². The van der Waals surface area contributed by atoms with Crippen molar-refractivity contribution in [3.63, 3.8) is 0 Å². The van der Waals surface area contributed by atoms with Gasteiger partial charge in [-0.2, -0.15) is 14.1 Å². The molecule has 3 heterocycles. The summed E-state index contributed by atoms with van der Waals surface area (Å²) in [4.78, 5) is 24.4. The molecular weight excluding hydrogens is 552 g/mol. The molecule has 0 radical (unpaired) electrons. The molecule has 13 heteroatoms. The summed E-state index contributed by atoms with van der Waals surface area (Å²) < 4.78 is 47.0. The highest BCUT2D eigenvalue weighted by Gasteiger charge is 2.32. The normalized spacial score (nSPS) is 14.1. The Labute approximate surface area is 236 Å². The Kier molecular flexibility index (Phi) is 7.67. The summed E-state index contributed by atoms with van der Waals surface area (Å²) in [6.07, 6.45) is 1.35. The van der Waals surface area contributed by atoms with Crippen LogP contribution in [0.1, 0.15) is 37.7 Å². The Balaban J connectivity index is 1.63. The highest BCUT2D eigenvalue weighted by Crippen LogP contribution is 2.37. The number of nitrogens with zero attached hydrogens (tertiary/aromatic N) is 3. The second kappa shape index (κ2) is 11.2. The number of carbonyl (C=O) groups is 2. The van der Waals surface area contributed by atoms with Gasteiger partial charge in [0.1, 0.15) is 10.6 Å². The molecule has 2 aromatic heterocycles. The highest BCUT2D eigenvalue weighted by molar-refractivity contribution is 7.89. The number of aryl methyl sites for hydroxylation is 2. The van der Waals surface area contributed by atoms with Crippen LogP contribution in [0.2, 0.25) is 0 Å².